The Kier molecular flexibility index (Phi) is 4.41. The summed E-state index contributed by atoms with van der Waals surface area (Å²) in [5.74, 6) is -0.588. The lowest BCUT2D eigenvalue weighted by atomic mass is 9.83. The summed E-state index contributed by atoms with van der Waals surface area (Å²) in [6, 6.07) is 2.98. The first-order valence-corrected chi connectivity index (χ1v) is 6.60. The monoisotopic (exact) mass is 314 g/mol. The number of aliphatic imine (C=N–C) groups is 1. The molecule has 0 N–H and O–H groups in total. The average Bonchev–Trinajstić information content (AvgIpc) is 2.44. The van der Waals surface area contributed by atoms with Crippen LogP contribution in [0.4, 0.5) is 14.5 Å². The highest BCUT2D eigenvalue weighted by Gasteiger charge is 2.47. The predicted octanol–water partition coefficient (Wildman–Crippen LogP) is 2.75. The summed E-state index contributed by atoms with van der Waals surface area (Å²) in [4.78, 5) is 14.3. The van der Waals surface area contributed by atoms with Gasteiger partial charge in [-0.3, -0.25) is 10.1 Å². The summed E-state index contributed by atoms with van der Waals surface area (Å²) in [7, 11) is 1.39. The Balaban J connectivity index is 2.55. The highest BCUT2D eigenvalue weighted by atomic mass is 19.1. The van der Waals surface area contributed by atoms with Gasteiger partial charge in [-0.2, -0.15) is 0 Å². The van der Waals surface area contributed by atoms with E-state index in [1.807, 2.05) is 0 Å². The first kappa shape index (κ1) is 16.3. The number of rotatable bonds is 4. The molecule has 6 nitrogen and oxygen atoms in total. The smallest absolute Gasteiger partial charge is 0.270 e. The van der Waals surface area contributed by atoms with Crippen molar-refractivity contribution in [3.63, 3.8) is 0 Å². The Labute approximate surface area is 125 Å². The van der Waals surface area contributed by atoms with E-state index < -0.39 is 28.6 Å². The topological polar surface area (TPSA) is 74.0 Å². The number of nitro groups is 1. The van der Waals surface area contributed by atoms with Gasteiger partial charge in [-0.25, -0.2) is 13.8 Å². The SMILES string of the molecule is COC[C@H]1OC(C)=N[C@](C)(c2cc([N+](=O)[O-])ccc2F)[C@H]1F. The van der Waals surface area contributed by atoms with Crippen LogP contribution in [0.1, 0.15) is 19.4 Å². The molecule has 0 bridgehead atoms. The van der Waals surface area contributed by atoms with E-state index in [9.17, 15) is 18.9 Å². The van der Waals surface area contributed by atoms with E-state index in [1.54, 1.807) is 0 Å². The number of halogens is 2. The number of benzene rings is 1. The van der Waals surface area contributed by atoms with Gasteiger partial charge >= 0.3 is 0 Å². The lowest BCUT2D eigenvalue weighted by Crippen LogP contribution is -2.49. The summed E-state index contributed by atoms with van der Waals surface area (Å²) < 4.78 is 39.1. The molecule has 0 unspecified atom stereocenters. The largest absolute Gasteiger partial charge is 0.472 e. The van der Waals surface area contributed by atoms with Gasteiger partial charge < -0.3 is 9.47 Å². The summed E-state index contributed by atoms with van der Waals surface area (Å²) in [6.45, 7) is 2.86. The fraction of sp³-hybridized carbons (Fsp3) is 0.500. The minimum atomic E-state index is -1.72. The maximum Gasteiger partial charge on any atom is 0.270 e. The Hall–Kier alpha value is -2.09. The summed E-state index contributed by atoms with van der Waals surface area (Å²) in [5.41, 5.74) is -2.13. The lowest BCUT2D eigenvalue weighted by molar-refractivity contribution is -0.385. The van der Waals surface area contributed by atoms with Crippen LogP contribution in [0.25, 0.3) is 0 Å². The van der Waals surface area contributed by atoms with Gasteiger partial charge in [0.05, 0.1) is 11.5 Å². The molecule has 0 saturated carbocycles. The van der Waals surface area contributed by atoms with Crippen LogP contribution in [0.2, 0.25) is 0 Å². The zero-order chi connectivity index (χ0) is 16.5. The van der Waals surface area contributed by atoms with Crippen molar-refractivity contribution in [2.75, 3.05) is 13.7 Å². The third-order valence-corrected chi connectivity index (χ3v) is 3.61. The van der Waals surface area contributed by atoms with Gasteiger partial charge in [0.1, 0.15) is 11.4 Å². The fourth-order valence-corrected chi connectivity index (χ4v) is 2.56. The molecule has 0 spiro atoms. The van der Waals surface area contributed by atoms with Gasteiger partial charge in [-0.05, 0) is 13.0 Å². The molecule has 0 aromatic heterocycles. The molecule has 3 atom stereocenters. The highest BCUT2D eigenvalue weighted by molar-refractivity contribution is 5.75. The fourth-order valence-electron chi connectivity index (χ4n) is 2.56. The van der Waals surface area contributed by atoms with Crippen LogP contribution in [0.3, 0.4) is 0 Å². The van der Waals surface area contributed by atoms with Crippen LogP contribution in [0.5, 0.6) is 0 Å². The van der Waals surface area contributed by atoms with Crippen molar-refractivity contribution >= 4 is 11.6 Å². The number of ether oxygens (including phenoxy) is 2. The van der Waals surface area contributed by atoms with E-state index >= 15 is 0 Å². The van der Waals surface area contributed by atoms with E-state index in [4.69, 9.17) is 9.47 Å². The molecule has 1 aliphatic rings. The molecule has 1 aromatic carbocycles. The van der Waals surface area contributed by atoms with E-state index in [0.29, 0.717) is 0 Å². The molecule has 2 rings (SSSR count). The number of alkyl halides is 1. The van der Waals surface area contributed by atoms with Crippen molar-refractivity contribution in [1.29, 1.82) is 0 Å². The molecule has 1 aromatic rings. The molecule has 0 aliphatic carbocycles. The second-order valence-electron chi connectivity index (χ2n) is 5.21. The van der Waals surface area contributed by atoms with Gasteiger partial charge in [0.2, 0.25) is 0 Å². The van der Waals surface area contributed by atoms with Gasteiger partial charge in [0.25, 0.3) is 5.69 Å². The minimum absolute atomic E-state index is 0.0415. The minimum Gasteiger partial charge on any atom is -0.472 e. The highest BCUT2D eigenvalue weighted by Crippen LogP contribution is 2.39. The Morgan fingerprint density at radius 3 is 2.82 bits per heavy atom. The van der Waals surface area contributed by atoms with Crippen molar-refractivity contribution in [2.45, 2.75) is 31.7 Å². The quantitative estimate of drug-likeness (QED) is 0.632. The maximum absolute atomic E-state index is 14.8. The van der Waals surface area contributed by atoms with Gasteiger partial charge in [-0.15, -0.1) is 0 Å². The predicted molar refractivity (Wildman–Crippen MR) is 75.2 cm³/mol. The van der Waals surface area contributed by atoms with Crippen LogP contribution in [-0.4, -0.2) is 36.8 Å². The second kappa shape index (κ2) is 5.96. The summed E-state index contributed by atoms with van der Waals surface area (Å²) in [5, 5.41) is 10.9. The first-order chi connectivity index (χ1) is 10.3. The van der Waals surface area contributed by atoms with Crippen molar-refractivity contribution in [3.05, 3.63) is 39.7 Å². The van der Waals surface area contributed by atoms with E-state index in [2.05, 4.69) is 4.99 Å². The van der Waals surface area contributed by atoms with Crippen LogP contribution in [0.15, 0.2) is 23.2 Å². The number of nitro benzene ring substituents is 1. The van der Waals surface area contributed by atoms with Crippen LogP contribution >= 0.6 is 0 Å². The maximum atomic E-state index is 14.8. The third kappa shape index (κ3) is 2.78. The number of hydrogen-bond acceptors (Lipinski definition) is 5. The van der Waals surface area contributed by atoms with E-state index in [1.165, 1.54) is 21.0 Å². The van der Waals surface area contributed by atoms with E-state index in [0.717, 1.165) is 18.2 Å². The first-order valence-electron chi connectivity index (χ1n) is 6.60. The molecule has 0 radical (unpaired) electrons. The Bertz CT molecular complexity index is 623. The molecule has 120 valence electrons. The van der Waals surface area contributed by atoms with Crippen molar-refractivity contribution < 1.29 is 23.2 Å². The molecule has 0 amide bonds. The van der Waals surface area contributed by atoms with Crippen molar-refractivity contribution in [3.8, 4) is 0 Å². The van der Waals surface area contributed by atoms with E-state index in [-0.39, 0.29) is 23.8 Å². The van der Waals surface area contributed by atoms with Gasteiger partial charge in [-0.1, -0.05) is 0 Å². The zero-order valence-electron chi connectivity index (χ0n) is 12.4. The molecule has 1 aliphatic heterocycles. The molecule has 22 heavy (non-hydrogen) atoms. The average molecular weight is 314 g/mol. The lowest BCUT2D eigenvalue weighted by Gasteiger charge is -2.38. The molecule has 1 heterocycles. The van der Waals surface area contributed by atoms with Crippen molar-refractivity contribution in [2.24, 2.45) is 4.99 Å². The Morgan fingerprint density at radius 1 is 1.55 bits per heavy atom. The molecule has 8 heteroatoms. The zero-order valence-corrected chi connectivity index (χ0v) is 12.4. The summed E-state index contributed by atoms with van der Waals surface area (Å²) >= 11 is 0. The normalized spacial score (nSPS) is 28.0. The number of nitrogens with zero attached hydrogens (tertiary/aromatic N) is 2. The van der Waals surface area contributed by atoms with Crippen LogP contribution in [-0.2, 0) is 15.0 Å². The summed E-state index contributed by atoms with van der Waals surface area (Å²) in [6.07, 6.45) is -2.68. The van der Waals surface area contributed by atoms with Crippen LogP contribution in [0, 0.1) is 15.9 Å². The van der Waals surface area contributed by atoms with Gasteiger partial charge in [0, 0.05) is 31.7 Å². The third-order valence-electron chi connectivity index (χ3n) is 3.61. The second-order valence-corrected chi connectivity index (χ2v) is 5.21. The molecule has 0 saturated heterocycles. The number of non-ortho nitro benzene ring substituents is 1. The number of methoxy groups -OCH3 is 1. The van der Waals surface area contributed by atoms with Gasteiger partial charge in [0.15, 0.2) is 18.2 Å². The number of hydrogen-bond donors (Lipinski definition) is 0. The molecule has 0 fully saturated rings. The molecular weight excluding hydrogens is 298 g/mol. The standard InChI is InChI=1S/C14H16F2N2O4/c1-8-17-14(2,13(16)12(22-8)7-21-3)10-6-9(18(19)20)4-5-11(10)15/h4-6,12-13H,7H2,1-3H3/t12-,13+,14-/m1/s1. The van der Waals surface area contributed by atoms with Crippen molar-refractivity contribution in [1.82, 2.24) is 0 Å². The molecular formula is C14H16F2N2O4. The Morgan fingerprint density at radius 2 is 2.23 bits per heavy atom. The van der Waals surface area contributed by atoms with Crippen LogP contribution < -0.4 is 0 Å².